The van der Waals surface area contributed by atoms with Gasteiger partial charge >= 0.3 is 5.97 Å². The van der Waals surface area contributed by atoms with Crippen molar-refractivity contribution < 1.29 is 19.4 Å². The fraction of sp³-hybridized carbons (Fsp3) is 0.429. The number of ether oxygens (including phenoxy) is 1. The second kappa shape index (κ2) is 4.98. The molecule has 1 unspecified atom stereocenters. The van der Waals surface area contributed by atoms with Crippen molar-refractivity contribution >= 4 is 29.2 Å². The van der Waals surface area contributed by atoms with Crippen LogP contribution in [0.1, 0.15) is 27.2 Å². The Morgan fingerprint density at radius 3 is 2.70 bits per heavy atom. The van der Waals surface area contributed by atoms with Gasteiger partial charge in [0.15, 0.2) is 6.10 Å². The number of aliphatic carboxylic acids is 1. The van der Waals surface area contributed by atoms with Gasteiger partial charge < -0.3 is 9.84 Å². The molecule has 1 amide bonds. The summed E-state index contributed by atoms with van der Waals surface area (Å²) in [7, 11) is 0. The van der Waals surface area contributed by atoms with E-state index in [0.29, 0.717) is 22.9 Å². The van der Waals surface area contributed by atoms with Crippen LogP contribution < -0.4 is 9.64 Å². The van der Waals surface area contributed by atoms with Crippen molar-refractivity contribution in [2.75, 3.05) is 4.90 Å². The summed E-state index contributed by atoms with van der Waals surface area (Å²) in [5.74, 6) is -0.988. The quantitative estimate of drug-likeness (QED) is 0.931. The Hall–Kier alpha value is -1.75. The number of nitrogens with zero attached hydrogens (tertiary/aromatic N) is 1. The van der Waals surface area contributed by atoms with Gasteiger partial charge in [0.1, 0.15) is 11.3 Å². The monoisotopic (exact) mass is 297 g/mol. The Morgan fingerprint density at radius 1 is 1.50 bits per heavy atom. The van der Waals surface area contributed by atoms with Crippen molar-refractivity contribution in [2.24, 2.45) is 0 Å². The lowest BCUT2D eigenvalue weighted by molar-refractivity contribution is -0.145. The molecule has 2 rings (SSSR count). The maximum absolute atomic E-state index is 12.5. The van der Waals surface area contributed by atoms with Crippen LogP contribution in [-0.2, 0) is 9.59 Å². The first-order valence-electron chi connectivity index (χ1n) is 6.32. The SMILES string of the molecule is CCC1Oc2ccc(Cl)cc2N(C(C)(C)C(=O)O)C1=O. The number of hydrogen-bond acceptors (Lipinski definition) is 3. The molecule has 1 heterocycles. The normalized spacial score (nSPS) is 18.5. The average Bonchev–Trinajstić information content (AvgIpc) is 2.37. The van der Waals surface area contributed by atoms with Crippen molar-refractivity contribution in [1.29, 1.82) is 0 Å². The molecule has 108 valence electrons. The highest BCUT2D eigenvalue weighted by atomic mass is 35.5. The predicted octanol–water partition coefficient (Wildman–Crippen LogP) is 2.71. The van der Waals surface area contributed by atoms with E-state index in [1.165, 1.54) is 18.7 Å². The minimum absolute atomic E-state index is 0.366. The van der Waals surface area contributed by atoms with E-state index in [2.05, 4.69) is 0 Å². The first-order chi connectivity index (χ1) is 9.28. The molecule has 20 heavy (non-hydrogen) atoms. The molecule has 6 heteroatoms. The van der Waals surface area contributed by atoms with E-state index in [9.17, 15) is 14.7 Å². The van der Waals surface area contributed by atoms with E-state index in [1.54, 1.807) is 18.2 Å². The Morgan fingerprint density at radius 2 is 2.15 bits per heavy atom. The Labute approximate surface area is 122 Å². The van der Waals surface area contributed by atoms with Gasteiger partial charge in [0, 0.05) is 5.02 Å². The number of rotatable bonds is 3. The minimum atomic E-state index is -1.38. The summed E-state index contributed by atoms with van der Waals surface area (Å²) in [6.45, 7) is 4.78. The molecule has 1 aromatic rings. The highest BCUT2D eigenvalue weighted by Crippen LogP contribution is 2.40. The number of carbonyl (C=O) groups excluding carboxylic acids is 1. The molecule has 1 N–H and O–H groups in total. The molecule has 0 spiro atoms. The molecule has 1 aromatic carbocycles. The summed E-state index contributed by atoms with van der Waals surface area (Å²) in [6.07, 6.45) is -0.213. The second-order valence-corrected chi connectivity index (χ2v) is 5.60. The standard InChI is InChI=1S/C14H16ClNO4/c1-4-10-12(17)16(14(2,3)13(18)19)9-7-8(15)5-6-11(9)20-10/h5-7,10H,4H2,1-3H3,(H,18,19). The fourth-order valence-corrected chi connectivity index (χ4v) is 2.33. The molecule has 1 atom stereocenters. The number of anilines is 1. The van der Waals surface area contributed by atoms with Gasteiger partial charge in [-0.05, 0) is 38.5 Å². The van der Waals surface area contributed by atoms with Crippen LogP contribution in [0.4, 0.5) is 5.69 Å². The van der Waals surface area contributed by atoms with Gasteiger partial charge in [-0.2, -0.15) is 0 Å². The van der Waals surface area contributed by atoms with E-state index < -0.39 is 17.6 Å². The molecule has 0 aromatic heterocycles. The number of fused-ring (bicyclic) bond motifs is 1. The molecule has 1 aliphatic rings. The van der Waals surface area contributed by atoms with Crippen molar-refractivity contribution in [3.8, 4) is 5.75 Å². The van der Waals surface area contributed by atoms with Gasteiger partial charge in [0.05, 0.1) is 5.69 Å². The summed E-state index contributed by atoms with van der Waals surface area (Å²) in [4.78, 5) is 25.2. The van der Waals surface area contributed by atoms with Crippen LogP contribution in [0.3, 0.4) is 0 Å². The number of carbonyl (C=O) groups is 2. The number of amides is 1. The third kappa shape index (κ3) is 2.22. The predicted molar refractivity (Wildman–Crippen MR) is 75.4 cm³/mol. The number of carboxylic acids is 1. The smallest absolute Gasteiger partial charge is 0.329 e. The van der Waals surface area contributed by atoms with E-state index in [-0.39, 0.29) is 5.91 Å². The Balaban J connectivity index is 2.62. The highest BCUT2D eigenvalue weighted by Gasteiger charge is 2.45. The lowest BCUT2D eigenvalue weighted by Gasteiger charge is -2.41. The molecule has 0 saturated carbocycles. The number of halogens is 1. The van der Waals surface area contributed by atoms with Crippen LogP contribution in [0.25, 0.3) is 0 Å². The first kappa shape index (κ1) is 14.7. The molecule has 0 bridgehead atoms. The van der Waals surface area contributed by atoms with E-state index in [4.69, 9.17) is 16.3 Å². The average molecular weight is 298 g/mol. The van der Waals surface area contributed by atoms with Gasteiger partial charge in [-0.25, -0.2) is 4.79 Å². The summed E-state index contributed by atoms with van der Waals surface area (Å²) < 4.78 is 5.61. The largest absolute Gasteiger partial charge is 0.480 e. The number of benzene rings is 1. The number of carboxylic acid groups (broad SMARTS) is 1. The molecule has 1 aliphatic heterocycles. The second-order valence-electron chi connectivity index (χ2n) is 5.16. The summed E-state index contributed by atoms with van der Waals surface area (Å²) in [5.41, 5.74) is -0.993. The lowest BCUT2D eigenvalue weighted by atomic mass is 9.98. The lowest BCUT2D eigenvalue weighted by Crippen LogP contribution is -2.59. The van der Waals surface area contributed by atoms with Crippen LogP contribution in [0.15, 0.2) is 18.2 Å². The van der Waals surface area contributed by atoms with E-state index >= 15 is 0 Å². The molecule has 0 saturated heterocycles. The third-order valence-corrected chi connectivity index (χ3v) is 3.62. The molecule has 5 nitrogen and oxygen atoms in total. The van der Waals surface area contributed by atoms with Crippen LogP contribution in [0.2, 0.25) is 5.02 Å². The van der Waals surface area contributed by atoms with Crippen LogP contribution in [0, 0.1) is 0 Å². The maximum Gasteiger partial charge on any atom is 0.329 e. The van der Waals surface area contributed by atoms with Gasteiger partial charge in [0.25, 0.3) is 5.91 Å². The topological polar surface area (TPSA) is 66.8 Å². The summed E-state index contributed by atoms with van der Waals surface area (Å²) in [5, 5.41) is 9.82. The molecule has 0 radical (unpaired) electrons. The molecule has 0 fully saturated rings. The van der Waals surface area contributed by atoms with Gasteiger partial charge in [-0.1, -0.05) is 18.5 Å². The number of hydrogen-bond donors (Lipinski definition) is 1. The molecular formula is C14H16ClNO4. The molecular weight excluding hydrogens is 282 g/mol. The Kier molecular flexibility index (Phi) is 3.65. The maximum atomic E-state index is 12.5. The zero-order chi connectivity index (χ0) is 15.1. The first-order valence-corrected chi connectivity index (χ1v) is 6.70. The van der Waals surface area contributed by atoms with Crippen LogP contribution >= 0.6 is 11.6 Å². The third-order valence-electron chi connectivity index (χ3n) is 3.38. The van der Waals surface area contributed by atoms with Gasteiger partial charge in [0.2, 0.25) is 0 Å². The van der Waals surface area contributed by atoms with E-state index in [1.807, 2.05) is 6.92 Å². The van der Waals surface area contributed by atoms with Crippen molar-refractivity contribution in [2.45, 2.75) is 38.8 Å². The zero-order valence-corrected chi connectivity index (χ0v) is 12.3. The van der Waals surface area contributed by atoms with Crippen LogP contribution in [0.5, 0.6) is 5.75 Å². The summed E-state index contributed by atoms with van der Waals surface area (Å²) in [6, 6.07) is 4.85. The van der Waals surface area contributed by atoms with Crippen molar-refractivity contribution in [1.82, 2.24) is 0 Å². The molecule has 0 aliphatic carbocycles. The van der Waals surface area contributed by atoms with Crippen LogP contribution in [-0.4, -0.2) is 28.6 Å². The van der Waals surface area contributed by atoms with Crippen molar-refractivity contribution in [3.63, 3.8) is 0 Å². The highest BCUT2D eigenvalue weighted by molar-refractivity contribution is 6.31. The summed E-state index contributed by atoms with van der Waals surface area (Å²) >= 11 is 5.95. The van der Waals surface area contributed by atoms with Crippen molar-refractivity contribution in [3.05, 3.63) is 23.2 Å². The fourth-order valence-electron chi connectivity index (χ4n) is 2.16. The van der Waals surface area contributed by atoms with Gasteiger partial charge in [-0.15, -0.1) is 0 Å². The van der Waals surface area contributed by atoms with Gasteiger partial charge in [-0.3, -0.25) is 9.69 Å². The minimum Gasteiger partial charge on any atom is -0.480 e. The van der Waals surface area contributed by atoms with E-state index in [0.717, 1.165) is 0 Å². The Bertz CT molecular complexity index is 570. The zero-order valence-electron chi connectivity index (χ0n) is 11.5.